The lowest BCUT2D eigenvalue weighted by Crippen LogP contribution is -2.44. The van der Waals surface area contributed by atoms with Crippen molar-refractivity contribution in [2.24, 2.45) is 5.41 Å². The van der Waals surface area contributed by atoms with Gasteiger partial charge < -0.3 is 23.7 Å². The molecular formula is C34H38F2O6. The maximum absolute atomic E-state index is 15.4. The quantitative estimate of drug-likeness (QED) is 0.302. The SMILES string of the molecule is C=C1/C(F)=C(F)\C=C(\c2c(C)cc(OCC3(C)COC3)cc2C)CCC[C@H]1Oc1ccc2c(c1)OC[C@H]2CC(=O)OC. The van der Waals surface area contributed by atoms with E-state index < -0.39 is 17.8 Å². The molecule has 0 saturated carbocycles. The van der Waals surface area contributed by atoms with E-state index in [0.717, 1.165) is 33.6 Å². The van der Waals surface area contributed by atoms with E-state index in [1.165, 1.54) is 13.2 Å². The van der Waals surface area contributed by atoms with E-state index in [4.69, 9.17) is 23.7 Å². The van der Waals surface area contributed by atoms with Crippen LogP contribution in [0.3, 0.4) is 0 Å². The van der Waals surface area contributed by atoms with Gasteiger partial charge in [0.1, 0.15) is 23.4 Å². The summed E-state index contributed by atoms with van der Waals surface area (Å²) in [4.78, 5) is 11.7. The lowest BCUT2D eigenvalue weighted by atomic mass is 9.89. The number of benzene rings is 2. The van der Waals surface area contributed by atoms with Crippen LogP contribution in [0.15, 0.2) is 60.2 Å². The number of esters is 1. The van der Waals surface area contributed by atoms with Gasteiger partial charge in [0.2, 0.25) is 0 Å². The highest BCUT2D eigenvalue weighted by Gasteiger charge is 2.34. The van der Waals surface area contributed by atoms with Crippen LogP contribution in [-0.4, -0.2) is 45.6 Å². The number of ether oxygens (including phenoxy) is 5. The number of hydrogen-bond donors (Lipinski definition) is 0. The van der Waals surface area contributed by atoms with Crippen LogP contribution >= 0.6 is 0 Å². The third-order valence-electron chi connectivity index (χ3n) is 8.19. The first-order valence-electron chi connectivity index (χ1n) is 14.3. The van der Waals surface area contributed by atoms with Crippen LogP contribution in [-0.2, 0) is 14.3 Å². The van der Waals surface area contributed by atoms with Crippen LogP contribution in [0.4, 0.5) is 8.78 Å². The molecule has 0 amide bonds. The minimum absolute atomic E-state index is 0.0208. The van der Waals surface area contributed by atoms with Crippen molar-refractivity contribution in [1.82, 2.24) is 0 Å². The van der Waals surface area contributed by atoms with Gasteiger partial charge in [-0.3, -0.25) is 4.79 Å². The molecule has 0 radical (unpaired) electrons. The van der Waals surface area contributed by atoms with Gasteiger partial charge in [-0.15, -0.1) is 0 Å². The summed E-state index contributed by atoms with van der Waals surface area (Å²) in [6, 6.07) is 9.23. The minimum Gasteiger partial charge on any atom is -0.493 e. The van der Waals surface area contributed by atoms with Crippen LogP contribution in [0.1, 0.15) is 60.8 Å². The fraction of sp³-hybridized carbons (Fsp3) is 0.441. The first-order valence-corrected chi connectivity index (χ1v) is 14.3. The number of fused-ring (bicyclic) bond motifs is 1. The maximum Gasteiger partial charge on any atom is 0.306 e. The molecule has 6 nitrogen and oxygen atoms in total. The van der Waals surface area contributed by atoms with Gasteiger partial charge in [-0.2, -0.15) is 0 Å². The number of carbonyl (C=O) groups is 1. The van der Waals surface area contributed by atoms with Gasteiger partial charge in [-0.05, 0) is 79.6 Å². The Kier molecular flexibility index (Phi) is 8.73. The van der Waals surface area contributed by atoms with Crippen molar-refractivity contribution in [3.8, 4) is 17.2 Å². The Balaban J connectivity index is 1.30. The third kappa shape index (κ3) is 6.38. The Bertz CT molecular complexity index is 1410. The number of aryl methyl sites for hydroxylation is 2. The number of rotatable bonds is 8. The second kappa shape index (κ2) is 12.3. The highest BCUT2D eigenvalue weighted by molar-refractivity contribution is 5.74. The normalized spacial score (nSPS) is 24.6. The van der Waals surface area contributed by atoms with Gasteiger partial charge in [-0.25, -0.2) is 8.78 Å². The van der Waals surface area contributed by atoms with Crippen LogP contribution in [0.2, 0.25) is 0 Å². The van der Waals surface area contributed by atoms with Gasteiger partial charge in [0.15, 0.2) is 11.7 Å². The van der Waals surface area contributed by atoms with Gasteiger partial charge in [-0.1, -0.05) is 19.6 Å². The molecule has 2 aliphatic heterocycles. The Morgan fingerprint density at radius 3 is 2.52 bits per heavy atom. The van der Waals surface area contributed by atoms with Gasteiger partial charge >= 0.3 is 5.97 Å². The van der Waals surface area contributed by atoms with Crippen molar-refractivity contribution < 1.29 is 37.3 Å². The highest BCUT2D eigenvalue weighted by atomic mass is 19.2. The Morgan fingerprint density at radius 2 is 1.86 bits per heavy atom. The second-order valence-electron chi connectivity index (χ2n) is 11.9. The van der Waals surface area contributed by atoms with Gasteiger partial charge in [0.05, 0.1) is 40.0 Å². The Labute approximate surface area is 245 Å². The van der Waals surface area contributed by atoms with E-state index in [1.54, 1.807) is 12.1 Å². The predicted octanol–water partition coefficient (Wildman–Crippen LogP) is 7.48. The first kappa shape index (κ1) is 29.8. The predicted molar refractivity (Wildman–Crippen MR) is 156 cm³/mol. The van der Waals surface area contributed by atoms with Crippen molar-refractivity contribution in [3.63, 3.8) is 0 Å². The molecule has 42 heavy (non-hydrogen) atoms. The fourth-order valence-corrected chi connectivity index (χ4v) is 5.82. The molecule has 8 heteroatoms. The van der Waals surface area contributed by atoms with Crippen molar-refractivity contribution in [2.45, 2.75) is 58.5 Å². The van der Waals surface area contributed by atoms with E-state index >= 15 is 8.78 Å². The molecule has 1 fully saturated rings. The van der Waals surface area contributed by atoms with Crippen molar-refractivity contribution in [1.29, 1.82) is 0 Å². The summed E-state index contributed by atoms with van der Waals surface area (Å²) in [6.45, 7) is 12.2. The molecule has 0 spiro atoms. The van der Waals surface area contributed by atoms with E-state index in [-0.39, 0.29) is 29.3 Å². The molecule has 0 N–H and O–H groups in total. The smallest absolute Gasteiger partial charge is 0.306 e. The molecule has 0 bridgehead atoms. The zero-order valence-corrected chi connectivity index (χ0v) is 24.7. The fourth-order valence-electron chi connectivity index (χ4n) is 5.82. The third-order valence-corrected chi connectivity index (χ3v) is 8.19. The lowest BCUT2D eigenvalue weighted by molar-refractivity contribution is -0.141. The van der Waals surface area contributed by atoms with Gasteiger partial charge in [0.25, 0.3) is 0 Å². The molecule has 1 saturated heterocycles. The molecule has 5 rings (SSSR count). The number of allylic oxidation sites excluding steroid dienone is 3. The number of hydrogen-bond acceptors (Lipinski definition) is 6. The minimum atomic E-state index is -1.01. The van der Waals surface area contributed by atoms with Gasteiger partial charge in [0, 0.05) is 28.5 Å². The van der Waals surface area contributed by atoms with Crippen molar-refractivity contribution >= 4 is 11.5 Å². The number of carbonyl (C=O) groups excluding carboxylic acids is 1. The summed E-state index contributed by atoms with van der Waals surface area (Å²) < 4.78 is 58.8. The molecule has 2 aromatic rings. The van der Waals surface area contributed by atoms with E-state index in [1.807, 2.05) is 32.0 Å². The van der Waals surface area contributed by atoms with Crippen molar-refractivity contribution in [2.75, 3.05) is 33.5 Å². The lowest BCUT2D eigenvalue weighted by Gasteiger charge is -2.37. The van der Waals surface area contributed by atoms with Crippen LogP contribution in [0.25, 0.3) is 5.57 Å². The van der Waals surface area contributed by atoms with E-state index in [9.17, 15) is 4.79 Å². The van der Waals surface area contributed by atoms with E-state index in [2.05, 4.69) is 13.5 Å². The number of methoxy groups -OCH3 is 1. The van der Waals surface area contributed by atoms with Crippen LogP contribution in [0.5, 0.6) is 17.2 Å². The molecule has 2 atom stereocenters. The molecule has 1 aliphatic carbocycles. The molecule has 2 heterocycles. The highest BCUT2D eigenvalue weighted by Crippen LogP contribution is 2.40. The second-order valence-corrected chi connectivity index (χ2v) is 11.9. The summed E-state index contributed by atoms with van der Waals surface area (Å²) in [5.41, 5.74) is 4.36. The summed E-state index contributed by atoms with van der Waals surface area (Å²) in [5, 5.41) is 0. The topological polar surface area (TPSA) is 63.2 Å². The Morgan fingerprint density at radius 1 is 1.12 bits per heavy atom. The molecule has 0 aromatic heterocycles. The average molecular weight is 581 g/mol. The standard InChI is InChI=1S/C34H38F2O6/c1-20-11-26(41-19-34(4)17-39-18-34)12-21(2)32(20)23-7-6-8-29(22(3)33(36)28(35)13-23)42-25-9-10-27-24(14-31(37)38-5)16-40-30(27)15-25/h9-13,15,24,29H,3,6-8,14,16-19H2,1-2,4-5H3/b23-13+,33-28-/t24-,29-/m1/s1. The Hall–Kier alpha value is -3.65. The zero-order chi connectivity index (χ0) is 30.0. The molecule has 224 valence electrons. The maximum atomic E-state index is 15.4. The summed E-state index contributed by atoms with van der Waals surface area (Å²) >= 11 is 0. The monoisotopic (exact) mass is 580 g/mol. The average Bonchev–Trinajstić information content (AvgIpc) is 3.35. The van der Waals surface area contributed by atoms with Crippen molar-refractivity contribution in [3.05, 3.63) is 82.5 Å². The van der Waals surface area contributed by atoms with Crippen LogP contribution in [0, 0.1) is 19.3 Å². The summed E-state index contributed by atoms with van der Waals surface area (Å²) in [7, 11) is 1.36. The van der Waals surface area contributed by atoms with Crippen LogP contribution < -0.4 is 14.2 Å². The number of halogens is 2. The first-order chi connectivity index (χ1) is 20.1. The zero-order valence-electron chi connectivity index (χ0n) is 24.7. The van der Waals surface area contributed by atoms with E-state index in [0.29, 0.717) is 57.2 Å². The molecule has 3 aliphatic rings. The molecule has 2 aromatic carbocycles. The summed E-state index contributed by atoms with van der Waals surface area (Å²) in [6.07, 6.45) is 2.36. The largest absolute Gasteiger partial charge is 0.493 e. The molecular weight excluding hydrogens is 542 g/mol. The molecule has 0 unspecified atom stereocenters. The summed E-state index contributed by atoms with van der Waals surface area (Å²) in [5.74, 6) is -0.567.